The first-order valence-electron chi connectivity index (χ1n) is 6.08. The molecule has 3 nitrogen and oxygen atoms in total. The number of nitrogens with two attached hydrogens (primary N) is 1. The van der Waals surface area contributed by atoms with Gasteiger partial charge in [-0.25, -0.2) is 0 Å². The van der Waals surface area contributed by atoms with Gasteiger partial charge < -0.3 is 10.3 Å². The highest BCUT2D eigenvalue weighted by molar-refractivity contribution is 5.75. The Balaban J connectivity index is 2.50. The van der Waals surface area contributed by atoms with Crippen LogP contribution in [0.1, 0.15) is 38.3 Å². The minimum atomic E-state index is 0.409. The predicted octanol–water partition coefficient (Wildman–Crippen LogP) is 3.83. The Morgan fingerprint density at radius 3 is 2.41 bits per heavy atom. The quantitative estimate of drug-likeness (QED) is 0.868. The zero-order valence-electron chi connectivity index (χ0n) is 10.3. The van der Waals surface area contributed by atoms with Crippen molar-refractivity contribution >= 4 is 5.88 Å². The summed E-state index contributed by atoms with van der Waals surface area (Å²) in [6.45, 7) is 4.32. The Morgan fingerprint density at radius 2 is 1.82 bits per heavy atom. The largest absolute Gasteiger partial charge is 0.367 e. The van der Waals surface area contributed by atoms with Crippen molar-refractivity contribution in [1.82, 2.24) is 5.16 Å². The maximum Gasteiger partial charge on any atom is 0.230 e. The topological polar surface area (TPSA) is 52.0 Å². The smallest absolute Gasteiger partial charge is 0.230 e. The SMILES string of the molecule is CCC(CC)c1noc(N)c1-c1ccccc1. The summed E-state index contributed by atoms with van der Waals surface area (Å²) in [5.41, 5.74) is 8.91. The molecule has 1 heterocycles. The van der Waals surface area contributed by atoms with E-state index < -0.39 is 0 Å². The summed E-state index contributed by atoms with van der Waals surface area (Å²) >= 11 is 0. The van der Waals surface area contributed by atoms with Crippen LogP contribution in [0.5, 0.6) is 0 Å². The molecule has 0 bridgehead atoms. The van der Waals surface area contributed by atoms with Crippen molar-refractivity contribution in [3.8, 4) is 11.1 Å². The van der Waals surface area contributed by atoms with Crippen molar-refractivity contribution in [2.75, 3.05) is 5.73 Å². The summed E-state index contributed by atoms with van der Waals surface area (Å²) in [6, 6.07) is 10.1. The van der Waals surface area contributed by atoms with Gasteiger partial charge in [-0.3, -0.25) is 0 Å². The number of aromatic nitrogens is 1. The molecule has 0 aliphatic rings. The Labute approximate surface area is 102 Å². The van der Waals surface area contributed by atoms with Crippen LogP contribution in [0.4, 0.5) is 5.88 Å². The molecule has 90 valence electrons. The molecular formula is C14H18N2O. The van der Waals surface area contributed by atoms with Gasteiger partial charge in [0.15, 0.2) is 0 Å². The molecule has 0 fully saturated rings. The van der Waals surface area contributed by atoms with Crippen LogP contribution in [0.25, 0.3) is 11.1 Å². The number of hydrogen-bond acceptors (Lipinski definition) is 3. The zero-order valence-corrected chi connectivity index (χ0v) is 10.3. The van der Waals surface area contributed by atoms with Gasteiger partial charge in [0.25, 0.3) is 0 Å². The van der Waals surface area contributed by atoms with E-state index in [1.165, 1.54) is 0 Å². The standard InChI is InChI=1S/C14H18N2O/c1-3-10(4-2)13-12(14(15)17-16-13)11-8-6-5-7-9-11/h5-10H,3-4,15H2,1-2H3. The van der Waals surface area contributed by atoms with Crippen molar-refractivity contribution in [2.45, 2.75) is 32.6 Å². The lowest BCUT2D eigenvalue weighted by molar-refractivity contribution is 0.416. The third kappa shape index (κ3) is 2.18. The highest BCUT2D eigenvalue weighted by atomic mass is 16.5. The molecule has 2 N–H and O–H groups in total. The monoisotopic (exact) mass is 230 g/mol. The maximum atomic E-state index is 5.89. The van der Waals surface area contributed by atoms with Crippen molar-refractivity contribution in [2.24, 2.45) is 0 Å². The van der Waals surface area contributed by atoms with Gasteiger partial charge in [-0.1, -0.05) is 49.3 Å². The molecule has 0 saturated carbocycles. The van der Waals surface area contributed by atoms with Gasteiger partial charge in [-0.2, -0.15) is 0 Å². The third-order valence-corrected chi connectivity index (χ3v) is 3.18. The lowest BCUT2D eigenvalue weighted by atomic mass is 9.93. The van der Waals surface area contributed by atoms with Crippen LogP contribution in [0, 0.1) is 0 Å². The van der Waals surface area contributed by atoms with Crippen molar-refractivity contribution in [1.29, 1.82) is 0 Å². The molecule has 0 radical (unpaired) electrons. The number of anilines is 1. The Morgan fingerprint density at radius 1 is 1.18 bits per heavy atom. The lowest BCUT2D eigenvalue weighted by Gasteiger charge is -2.10. The van der Waals surface area contributed by atoms with Gasteiger partial charge in [0.05, 0.1) is 11.3 Å². The van der Waals surface area contributed by atoms with Gasteiger partial charge in [0.2, 0.25) is 5.88 Å². The van der Waals surface area contributed by atoms with E-state index in [1.807, 2.05) is 30.3 Å². The highest BCUT2D eigenvalue weighted by Crippen LogP contribution is 2.36. The van der Waals surface area contributed by atoms with E-state index >= 15 is 0 Å². The van der Waals surface area contributed by atoms with Gasteiger partial charge in [-0.15, -0.1) is 0 Å². The molecule has 1 aromatic heterocycles. The summed E-state index contributed by atoms with van der Waals surface area (Å²) in [4.78, 5) is 0. The van der Waals surface area contributed by atoms with E-state index in [0.29, 0.717) is 11.8 Å². The molecule has 17 heavy (non-hydrogen) atoms. The summed E-state index contributed by atoms with van der Waals surface area (Å²) < 4.78 is 5.16. The van der Waals surface area contributed by atoms with E-state index in [4.69, 9.17) is 10.3 Å². The van der Waals surface area contributed by atoms with Crippen molar-refractivity contribution in [3.63, 3.8) is 0 Å². The number of rotatable bonds is 4. The van der Waals surface area contributed by atoms with Gasteiger partial charge in [0.1, 0.15) is 0 Å². The second-order valence-electron chi connectivity index (χ2n) is 4.19. The van der Waals surface area contributed by atoms with E-state index in [2.05, 4.69) is 19.0 Å². The first kappa shape index (κ1) is 11.7. The fourth-order valence-corrected chi connectivity index (χ4v) is 2.16. The van der Waals surface area contributed by atoms with Crippen LogP contribution in [0.3, 0.4) is 0 Å². The van der Waals surface area contributed by atoms with Crippen LogP contribution < -0.4 is 5.73 Å². The average molecular weight is 230 g/mol. The molecule has 3 heteroatoms. The normalized spacial score (nSPS) is 11.0. The fraction of sp³-hybridized carbons (Fsp3) is 0.357. The van der Waals surface area contributed by atoms with Crippen LogP contribution in [0.15, 0.2) is 34.9 Å². The summed E-state index contributed by atoms with van der Waals surface area (Å²) in [5.74, 6) is 0.823. The average Bonchev–Trinajstić information content (AvgIpc) is 2.74. The van der Waals surface area contributed by atoms with E-state index in [9.17, 15) is 0 Å². The molecule has 0 unspecified atom stereocenters. The van der Waals surface area contributed by atoms with Gasteiger partial charge in [0, 0.05) is 5.92 Å². The van der Waals surface area contributed by atoms with Crippen LogP contribution in [0.2, 0.25) is 0 Å². The zero-order chi connectivity index (χ0) is 12.3. The van der Waals surface area contributed by atoms with E-state index in [-0.39, 0.29) is 0 Å². The van der Waals surface area contributed by atoms with Crippen molar-refractivity contribution in [3.05, 3.63) is 36.0 Å². The van der Waals surface area contributed by atoms with Crippen molar-refractivity contribution < 1.29 is 4.52 Å². The minimum absolute atomic E-state index is 0.409. The lowest BCUT2D eigenvalue weighted by Crippen LogP contribution is -1.98. The van der Waals surface area contributed by atoms with Gasteiger partial charge >= 0.3 is 0 Å². The molecule has 0 aliphatic heterocycles. The fourth-order valence-electron chi connectivity index (χ4n) is 2.16. The first-order chi connectivity index (χ1) is 8.27. The second kappa shape index (κ2) is 5.04. The third-order valence-electron chi connectivity index (χ3n) is 3.18. The molecule has 1 aromatic carbocycles. The predicted molar refractivity (Wildman–Crippen MR) is 69.7 cm³/mol. The minimum Gasteiger partial charge on any atom is -0.367 e. The molecule has 0 spiro atoms. The molecule has 0 aliphatic carbocycles. The summed E-state index contributed by atoms with van der Waals surface area (Å²) in [6.07, 6.45) is 2.09. The number of benzene rings is 1. The Hall–Kier alpha value is -1.77. The number of nitrogens with zero attached hydrogens (tertiary/aromatic N) is 1. The molecule has 0 amide bonds. The Bertz CT molecular complexity index is 472. The van der Waals surface area contributed by atoms with Gasteiger partial charge in [-0.05, 0) is 18.4 Å². The first-order valence-corrected chi connectivity index (χ1v) is 6.08. The number of nitrogen functional groups attached to an aromatic ring is 1. The van der Waals surface area contributed by atoms with E-state index in [1.54, 1.807) is 0 Å². The van der Waals surface area contributed by atoms with Crippen LogP contribution >= 0.6 is 0 Å². The van der Waals surface area contributed by atoms with Crippen LogP contribution in [-0.4, -0.2) is 5.16 Å². The highest BCUT2D eigenvalue weighted by Gasteiger charge is 2.21. The maximum absolute atomic E-state index is 5.89. The summed E-state index contributed by atoms with van der Waals surface area (Å²) in [5, 5.41) is 4.13. The van der Waals surface area contributed by atoms with E-state index in [0.717, 1.165) is 29.7 Å². The van der Waals surface area contributed by atoms with Crippen LogP contribution in [-0.2, 0) is 0 Å². The molecule has 2 aromatic rings. The number of hydrogen-bond donors (Lipinski definition) is 1. The molecular weight excluding hydrogens is 212 g/mol. The molecule has 0 saturated heterocycles. The Kier molecular flexibility index (Phi) is 3.47. The molecule has 2 rings (SSSR count). The second-order valence-corrected chi connectivity index (χ2v) is 4.19. The summed E-state index contributed by atoms with van der Waals surface area (Å²) in [7, 11) is 0. The molecule has 0 atom stereocenters.